The maximum absolute atomic E-state index is 12.2. The molecule has 0 aliphatic carbocycles. The molecule has 2 N–H and O–H groups in total. The predicted octanol–water partition coefficient (Wildman–Crippen LogP) is 2.61. The number of carbonyl (C=O) groups excluding carboxylic acids is 2. The summed E-state index contributed by atoms with van der Waals surface area (Å²) in [7, 11) is 0. The second-order valence-electron chi connectivity index (χ2n) is 5.41. The van der Waals surface area contributed by atoms with Crippen molar-refractivity contribution in [2.75, 3.05) is 25.0 Å². The Morgan fingerprint density at radius 2 is 1.91 bits per heavy atom. The van der Waals surface area contributed by atoms with Crippen LogP contribution in [0.2, 0.25) is 0 Å². The van der Waals surface area contributed by atoms with Crippen LogP contribution in [0.1, 0.15) is 12.8 Å². The molecule has 1 saturated heterocycles. The fraction of sp³-hybridized carbons (Fsp3) is 0.467. The highest BCUT2D eigenvalue weighted by Gasteiger charge is 2.32. The number of amides is 3. The lowest BCUT2D eigenvalue weighted by atomic mass is 9.97. The normalized spacial score (nSPS) is 18.4. The number of halogens is 3. The van der Waals surface area contributed by atoms with Gasteiger partial charge in [-0.15, -0.1) is 0 Å². The van der Waals surface area contributed by atoms with Crippen LogP contribution in [0.4, 0.5) is 23.7 Å². The van der Waals surface area contributed by atoms with Crippen molar-refractivity contribution < 1.29 is 22.8 Å². The van der Waals surface area contributed by atoms with Crippen molar-refractivity contribution in [2.45, 2.75) is 19.0 Å². The zero-order valence-corrected chi connectivity index (χ0v) is 12.4. The van der Waals surface area contributed by atoms with Gasteiger partial charge in [-0.05, 0) is 25.0 Å². The summed E-state index contributed by atoms with van der Waals surface area (Å²) in [6, 6.07) is 8.09. The molecule has 2 rings (SSSR count). The van der Waals surface area contributed by atoms with E-state index in [1.165, 1.54) is 4.90 Å². The third-order valence-corrected chi connectivity index (χ3v) is 3.56. The van der Waals surface area contributed by atoms with E-state index >= 15 is 0 Å². The topological polar surface area (TPSA) is 61.4 Å². The molecule has 0 spiro atoms. The van der Waals surface area contributed by atoms with Gasteiger partial charge in [-0.3, -0.25) is 4.79 Å². The van der Waals surface area contributed by atoms with Gasteiger partial charge < -0.3 is 15.5 Å². The first kappa shape index (κ1) is 17.1. The first-order chi connectivity index (χ1) is 10.8. The van der Waals surface area contributed by atoms with Crippen LogP contribution in [0.25, 0.3) is 0 Å². The van der Waals surface area contributed by atoms with Crippen molar-refractivity contribution in [3.05, 3.63) is 30.3 Å². The van der Waals surface area contributed by atoms with Crippen LogP contribution in [0.15, 0.2) is 30.3 Å². The average Bonchev–Trinajstić information content (AvgIpc) is 2.53. The van der Waals surface area contributed by atoms with Crippen molar-refractivity contribution in [3.8, 4) is 0 Å². The molecule has 8 heteroatoms. The Balaban J connectivity index is 1.87. The molecule has 1 aliphatic heterocycles. The van der Waals surface area contributed by atoms with Crippen LogP contribution >= 0.6 is 0 Å². The lowest BCUT2D eigenvalue weighted by Crippen LogP contribution is -2.49. The first-order valence-corrected chi connectivity index (χ1v) is 7.30. The van der Waals surface area contributed by atoms with Crippen LogP contribution in [-0.4, -0.2) is 42.6 Å². The van der Waals surface area contributed by atoms with Crippen LogP contribution < -0.4 is 10.6 Å². The van der Waals surface area contributed by atoms with Gasteiger partial charge in [-0.2, -0.15) is 13.2 Å². The summed E-state index contributed by atoms with van der Waals surface area (Å²) in [5.74, 6) is -0.662. The number of piperidine rings is 1. The van der Waals surface area contributed by atoms with E-state index in [9.17, 15) is 22.8 Å². The fourth-order valence-corrected chi connectivity index (χ4v) is 2.43. The van der Waals surface area contributed by atoms with E-state index in [-0.39, 0.29) is 12.5 Å². The highest BCUT2D eigenvalue weighted by atomic mass is 19.4. The number of nitrogens with one attached hydrogen (secondary N) is 2. The summed E-state index contributed by atoms with van der Waals surface area (Å²) in [5.41, 5.74) is 0.649. The Bertz CT molecular complexity index is 549. The third-order valence-electron chi connectivity index (χ3n) is 3.56. The number of likely N-dealkylation sites (tertiary alicyclic amines) is 1. The Morgan fingerprint density at radius 3 is 2.57 bits per heavy atom. The molecular formula is C15H18F3N3O2. The summed E-state index contributed by atoms with van der Waals surface area (Å²) in [5, 5.41) is 4.58. The Hall–Kier alpha value is -2.25. The first-order valence-electron chi connectivity index (χ1n) is 7.30. The average molecular weight is 329 g/mol. The standard InChI is InChI=1S/C15H18F3N3O2/c16-15(17,18)10-19-14(23)21-8-4-5-11(9-21)13(22)20-12-6-2-1-3-7-12/h1-3,6-7,11H,4-5,8-10H2,(H,19,23)(H,20,22). The zero-order chi connectivity index (χ0) is 16.9. The molecule has 23 heavy (non-hydrogen) atoms. The van der Waals surface area contributed by atoms with Gasteiger partial charge in [0.15, 0.2) is 0 Å². The van der Waals surface area contributed by atoms with Gasteiger partial charge in [0.1, 0.15) is 6.54 Å². The van der Waals surface area contributed by atoms with Gasteiger partial charge in [0, 0.05) is 18.8 Å². The minimum atomic E-state index is -4.45. The largest absolute Gasteiger partial charge is 0.405 e. The quantitative estimate of drug-likeness (QED) is 0.895. The minimum absolute atomic E-state index is 0.113. The fourth-order valence-electron chi connectivity index (χ4n) is 2.43. The summed E-state index contributed by atoms with van der Waals surface area (Å²) in [6.45, 7) is -0.912. The Morgan fingerprint density at radius 1 is 1.22 bits per heavy atom. The number of carbonyl (C=O) groups is 2. The maximum Gasteiger partial charge on any atom is 0.405 e. The number of urea groups is 1. The van der Waals surface area contributed by atoms with Crippen molar-refractivity contribution in [1.82, 2.24) is 10.2 Å². The van der Waals surface area contributed by atoms with E-state index in [4.69, 9.17) is 0 Å². The summed E-state index contributed by atoms with van der Waals surface area (Å²) in [6.07, 6.45) is -3.27. The molecule has 1 fully saturated rings. The van der Waals surface area contributed by atoms with Gasteiger partial charge in [0.05, 0.1) is 5.92 Å². The SMILES string of the molecule is O=C(Nc1ccccc1)C1CCCN(C(=O)NCC(F)(F)F)C1. The number of anilines is 1. The van der Waals surface area contributed by atoms with Gasteiger partial charge in [0.25, 0.3) is 0 Å². The predicted molar refractivity (Wildman–Crippen MR) is 78.8 cm³/mol. The van der Waals surface area contributed by atoms with Gasteiger partial charge >= 0.3 is 12.2 Å². The van der Waals surface area contributed by atoms with E-state index in [0.717, 1.165) is 0 Å². The number of alkyl halides is 3. The van der Waals surface area contributed by atoms with E-state index in [0.29, 0.717) is 25.1 Å². The molecule has 1 atom stereocenters. The molecule has 0 radical (unpaired) electrons. The molecule has 1 aliphatic rings. The molecule has 0 saturated carbocycles. The Labute approximate surface area is 131 Å². The third kappa shape index (κ3) is 5.46. The molecule has 1 aromatic rings. The molecule has 5 nitrogen and oxygen atoms in total. The second kappa shape index (κ2) is 7.34. The van der Waals surface area contributed by atoms with Gasteiger partial charge in [-0.1, -0.05) is 18.2 Å². The van der Waals surface area contributed by atoms with Crippen molar-refractivity contribution >= 4 is 17.6 Å². The van der Waals surface area contributed by atoms with Crippen LogP contribution in [0.3, 0.4) is 0 Å². The summed E-state index contributed by atoms with van der Waals surface area (Å²) >= 11 is 0. The van der Waals surface area contributed by atoms with Crippen LogP contribution in [0.5, 0.6) is 0 Å². The minimum Gasteiger partial charge on any atom is -0.329 e. The summed E-state index contributed by atoms with van der Waals surface area (Å²) < 4.78 is 36.4. The molecule has 0 aromatic heterocycles. The highest BCUT2D eigenvalue weighted by molar-refractivity contribution is 5.93. The number of benzene rings is 1. The number of rotatable bonds is 3. The van der Waals surface area contributed by atoms with Crippen molar-refractivity contribution in [1.29, 1.82) is 0 Å². The number of hydrogen-bond donors (Lipinski definition) is 2. The number of nitrogens with zero attached hydrogens (tertiary/aromatic N) is 1. The van der Waals surface area contributed by atoms with E-state index in [1.807, 2.05) is 11.4 Å². The van der Waals surface area contributed by atoms with Crippen molar-refractivity contribution in [3.63, 3.8) is 0 Å². The Kier molecular flexibility index (Phi) is 5.46. The van der Waals surface area contributed by atoms with Crippen molar-refractivity contribution in [2.24, 2.45) is 5.92 Å². The van der Waals surface area contributed by atoms with E-state index in [1.54, 1.807) is 24.3 Å². The highest BCUT2D eigenvalue weighted by Crippen LogP contribution is 2.19. The second-order valence-corrected chi connectivity index (χ2v) is 5.41. The van der Waals surface area contributed by atoms with Gasteiger partial charge in [-0.25, -0.2) is 4.79 Å². The summed E-state index contributed by atoms with van der Waals surface area (Å²) in [4.78, 5) is 25.2. The van der Waals surface area contributed by atoms with Crippen LogP contribution in [-0.2, 0) is 4.79 Å². The maximum atomic E-state index is 12.2. The lowest BCUT2D eigenvalue weighted by Gasteiger charge is -2.32. The molecule has 3 amide bonds. The molecule has 1 heterocycles. The monoisotopic (exact) mass is 329 g/mol. The van der Waals surface area contributed by atoms with Crippen LogP contribution in [0, 0.1) is 5.92 Å². The molecule has 126 valence electrons. The molecule has 1 unspecified atom stereocenters. The number of hydrogen-bond acceptors (Lipinski definition) is 2. The van der Waals surface area contributed by atoms with E-state index in [2.05, 4.69) is 5.32 Å². The lowest BCUT2D eigenvalue weighted by molar-refractivity contribution is -0.124. The molecule has 1 aromatic carbocycles. The number of para-hydroxylation sites is 1. The van der Waals surface area contributed by atoms with E-state index < -0.39 is 24.7 Å². The smallest absolute Gasteiger partial charge is 0.329 e. The zero-order valence-electron chi connectivity index (χ0n) is 12.4. The molecular weight excluding hydrogens is 311 g/mol. The molecule has 0 bridgehead atoms. The van der Waals surface area contributed by atoms with Gasteiger partial charge in [0.2, 0.25) is 5.91 Å².